The molecule has 0 spiro atoms. The molecule has 0 aliphatic carbocycles. The highest BCUT2D eigenvalue weighted by molar-refractivity contribution is 5.95. The van der Waals surface area contributed by atoms with Crippen LogP contribution in [0.3, 0.4) is 0 Å². The van der Waals surface area contributed by atoms with Crippen LogP contribution in [0.2, 0.25) is 0 Å². The molecule has 0 bridgehead atoms. The van der Waals surface area contributed by atoms with Crippen LogP contribution in [0.5, 0.6) is 5.75 Å². The SMILES string of the molecule is O=C(COc1ccccc1-c1ccccc1)NNC(=O)c1cnn(-c2ccccc2)c1. The monoisotopic (exact) mass is 412 g/mol. The van der Waals surface area contributed by atoms with Gasteiger partial charge >= 0.3 is 0 Å². The van der Waals surface area contributed by atoms with Gasteiger partial charge in [-0.3, -0.25) is 20.4 Å². The van der Waals surface area contributed by atoms with Gasteiger partial charge in [0.15, 0.2) is 6.61 Å². The molecule has 2 N–H and O–H groups in total. The summed E-state index contributed by atoms with van der Waals surface area (Å²) in [7, 11) is 0. The fraction of sp³-hybridized carbons (Fsp3) is 0.0417. The fourth-order valence-electron chi connectivity index (χ4n) is 2.99. The second-order valence-electron chi connectivity index (χ2n) is 6.66. The highest BCUT2D eigenvalue weighted by Gasteiger charge is 2.12. The summed E-state index contributed by atoms with van der Waals surface area (Å²) in [6, 6.07) is 26.6. The number of nitrogens with zero attached hydrogens (tertiary/aromatic N) is 2. The summed E-state index contributed by atoms with van der Waals surface area (Å²) >= 11 is 0. The van der Waals surface area contributed by atoms with Crippen molar-refractivity contribution in [1.82, 2.24) is 20.6 Å². The van der Waals surface area contributed by atoms with E-state index in [1.807, 2.05) is 78.9 Å². The summed E-state index contributed by atoms with van der Waals surface area (Å²) in [5.74, 6) is -0.369. The van der Waals surface area contributed by atoms with Crippen molar-refractivity contribution in [2.75, 3.05) is 6.61 Å². The normalized spacial score (nSPS) is 10.3. The van der Waals surface area contributed by atoms with Gasteiger partial charge in [-0.25, -0.2) is 4.68 Å². The van der Waals surface area contributed by atoms with E-state index >= 15 is 0 Å². The number of carbonyl (C=O) groups excluding carboxylic acids is 2. The van der Waals surface area contributed by atoms with Crippen LogP contribution in [0.1, 0.15) is 10.4 Å². The van der Waals surface area contributed by atoms with E-state index in [4.69, 9.17) is 4.74 Å². The van der Waals surface area contributed by atoms with Gasteiger partial charge in [0.2, 0.25) is 0 Å². The van der Waals surface area contributed by atoms with Crippen LogP contribution in [-0.4, -0.2) is 28.2 Å². The van der Waals surface area contributed by atoms with Crippen molar-refractivity contribution in [1.29, 1.82) is 0 Å². The third kappa shape index (κ3) is 4.97. The molecule has 3 aromatic carbocycles. The molecule has 1 aromatic heterocycles. The average Bonchev–Trinajstić information content (AvgIpc) is 3.33. The second-order valence-corrected chi connectivity index (χ2v) is 6.66. The maximum absolute atomic E-state index is 12.3. The van der Waals surface area contributed by atoms with Gasteiger partial charge in [0.1, 0.15) is 5.75 Å². The maximum atomic E-state index is 12.3. The molecule has 0 saturated carbocycles. The molecule has 4 rings (SSSR count). The number of hydrogen-bond donors (Lipinski definition) is 2. The number of ether oxygens (including phenoxy) is 1. The Morgan fingerprint density at radius 3 is 2.29 bits per heavy atom. The number of hydrogen-bond acceptors (Lipinski definition) is 4. The van der Waals surface area contributed by atoms with Crippen LogP contribution in [0.4, 0.5) is 0 Å². The first-order valence-corrected chi connectivity index (χ1v) is 9.67. The molecule has 0 aliphatic rings. The van der Waals surface area contributed by atoms with E-state index in [2.05, 4.69) is 16.0 Å². The number of aromatic nitrogens is 2. The van der Waals surface area contributed by atoms with Crippen molar-refractivity contribution < 1.29 is 14.3 Å². The standard InChI is InChI=1S/C24H20N4O3/c29-23(17-31-22-14-8-7-13-21(22)18-9-3-1-4-10-18)26-27-24(30)19-15-25-28(16-19)20-11-5-2-6-12-20/h1-16H,17H2,(H,26,29)(H,27,30). The van der Waals surface area contributed by atoms with Crippen LogP contribution in [-0.2, 0) is 4.79 Å². The molecule has 7 nitrogen and oxygen atoms in total. The van der Waals surface area contributed by atoms with Gasteiger partial charge in [0.25, 0.3) is 11.8 Å². The molecular weight excluding hydrogens is 392 g/mol. The van der Waals surface area contributed by atoms with Gasteiger partial charge < -0.3 is 4.74 Å². The number of nitrogens with one attached hydrogen (secondary N) is 2. The van der Waals surface area contributed by atoms with Crippen molar-refractivity contribution in [2.45, 2.75) is 0 Å². The minimum Gasteiger partial charge on any atom is -0.483 e. The number of rotatable bonds is 6. The molecule has 0 aliphatic heterocycles. The van der Waals surface area contributed by atoms with Gasteiger partial charge in [-0.1, -0.05) is 66.7 Å². The van der Waals surface area contributed by atoms with Crippen LogP contribution in [0.15, 0.2) is 97.3 Å². The predicted molar refractivity (Wildman–Crippen MR) is 117 cm³/mol. The van der Waals surface area contributed by atoms with Crippen molar-refractivity contribution in [3.05, 3.63) is 103 Å². The van der Waals surface area contributed by atoms with E-state index in [1.165, 1.54) is 6.20 Å². The summed E-state index contributed by atoms with van der Waals surface area (Å²) < 4.78 is 7.26. The number of benzene rings is 3. The maximum Gasteiger partial charge on any atom is 0.276 e. The van der Waals surface area contributed by atoms with E-state index in [0.717, 1.165) is 16.8 Å². The van der Waals surface area contributed by atoms with Gasteiger partial charge in [0, 0.05) is 11.8 Å². The predicted octanol–water partition coefficient (Wildman–Crippen LogP) is 3.38. The molecular formula is C24H20N4O3. The lowest BCUT2D eigenvalue weighted by atomic mass is 10.1. The van der Waals surface area contributed by atoms with Crippen molar-refractivity contribution >= 4 is 11.8 Å². The lowest BCUT2D eigenvalue weighted by Crippen LogP contribution is -2.43. The topological polar surface area (TPSA) is 85.2 Å². The highest BCUT2D eigenvalue weighted by atomic mass is 16.5. The van der Waals surface area contributed by atoms with Gasteiger partial charge in [0.05, 0.1) is 17.4 Å². The molecule has 154 valence electrons. The highest BCUT2D eigenvalue weighted by Crippen LogP contribution is 2.29. The van der Waals surface area contributed by atoms with E-state index < -0.39 is 11.8 Å². The van der Waals surface area contributed by atoms with E-state index in [0.29, 0.717) is 11.3 Å². The summed E-state index contributed by atoms with van der Waals surface area (Å²) in [6.45, 7) is -0.243. The number of carbonyl (C=O) groups is 2. The quantitative estimate of drug-likeness (QED) is 0.476. The average molecular weight is 412 g/mol. The zero-order valence-corrected chi connectivity index (χ0v) is 16.6. The zero-order valence-electron chi connectivity index (χ0n) is 16.6. The van der Waals surface area contributed by atoms with Crippen molar-refractivity contribution in [3.8, 4) is 22.6 Å². The van der Waals surface area contributed by atoms with Crippen LogP contribution >= 0.6 is 0 Å². The molecule has 0 saturated heterocycles. The molecule has 7 heteroatoms. The van der Waals surface area contributed by atoms with Crippen molar-refractivity contribution in [3.63, 3.8) is 0 Å². The largest absolute Gasteiger partial charge is 0.483 e. The minimum absolute atomic E-state index is 0.243. The third-order valence-electron chi connectivity index (χ3n) is 4.51. The van der Waals surface area contributed by atoms with Gasteiger partial charge in [-0.2, -0.15) is 5.10 Å². The van der Waals surface area contributed by atoms with Gasteiger partial charge in [-0.15, -0.1) is 0 Å². The van der Waals surface area contributed by atoms with E-state index in [9.17, 15) is 9.59 Å². The molecule has 31 heavy (non-hydrogen) atoms. The minimum atomic E-state index is -0.480. The lowest BCUT2D eigenvalue weighted by Gasteiger charge is -2.12. The van der Waals surface area contributed by atoms with Crippen LogP contribution in [0, 0.1) is 0 Å². The zero-order chi connectivity index (χ0) is 21.5. The van der Waals surface area contributed by atoms with Crippen molar-refractivity contribution in [2.24, 2.45) is 0 Å². The first-order chi connectivity index (χ1) is 15.2. The molecule has 0 fully saturated rings. The molecule has 2 amide bonds. The third-order valence-corrected chi connectivity index (χ3v) is 4.51. The first kappa shape index (κ1) is 19.9. The molecule has 0 atom stereocenters. The lowest BCUT2D eigenvalue weighted by molar-refractivity contribution is -0.123. The van der Waals surface area contributed by atoms with Crippen LogP contribution < -0.4 is 15.6 Å². The Hall–Kier alpha value is -4.39. The van der Waals surface area contributed by atoms with E-state index in [1.54, 1.807) is 16.9 Å². The van der Waals surface area contributed by atoms with E-state index in [-0.39, 0.29) is 6.61 Å². The Labute approximate surface area is 179 Å². The molecule has 0 unspecified atom stereocenters. The number of amides is 2. The summed E-state index contributed by atoms with van der Waals surface area (Å²) in [5.41, 5.74) is 7.75. The van der Waals surface area contributed by atoms with Gasteiger partial charge in [-0.05, 0) is 23.8 Å². The molecule has 0 radical (unpaired) electrons. The molecule has 4 aromatic rings. The second kappa shape index (κ2) is 9.41. The summed E-state index contributed by atoms with van der Waals surface area (Å²) in [4.78, 5) is 24.4. The Balaban J connectivity index is 1.32. The smallest absolute Gasteiger partial charge is 0.276 e. The Morgan fingerprint density at radius 1 is 0.839 bits per heavy atom. The summed E-state index contributed by atoms with van der Waals surface area (Å²) in [5, 5.41) is 4.17. The first-order valence-electron chi connectivity index (χ1n) is 9.67. The fourth-order valence-corrected chi connectivity index (χ4v) is 2.99. The Kier molecular flexibility index (Phi) is 6.04. The van der Waals surface area contributed by atoms with Crippen LogP contribution in [0.25, 0.3) is 16.8 Å². The Bertz CT molecular complexity index is 1170. The summed E-state index contributed by atoms with van der Waals surface area (Å²) in [6.07, 6.45) is 3.02. The number of hydrazine groups is 1. The number of para-hydroxylation sites is 2. The Morgan fingerprint density at radius 2 is 1.52 bits per heavy atom. The molecule has 1 heterocycles.